The molecule has 22 heavy (non-hydrogen) atoms. The Labute approximate surface area is 130 Å². The summed E-state index contributed by atoms with van der Waals surface area (Å²) in [6, 6.07) is 6.28. The van der Waals surface area contributed by atoms with E-state index in [2.05, 4.69) is 0 Å². The molecule has 0 bridgehead atoms. The molecule has 1 saturated heterocycles. The summed E-state index contributed by atoms with van der Waals surface area (Å²) >= 11 is 0. The summed E-state index contributed by atoms with van der Waals surface area (Å²) in [5, 5.41) is 9.10. The number of amides is 1. The maximum absolute atomic E-state index is 11.4. The highest BCUT2D eigenvalue weighted by Crippen LogP contribution is 2.20. The molecule has 0 saturated carbocycles. The fourth-order valence-corrected chi connectivity index (χ4v) is 3.17. The van der Waals surface area contributed by atoms with Crippen molar-refractivity contribution in [3.8, 4) is 5.75 Å². The van der Waals surface area contributed by atoms with Crippen molar-refractivity contribution in [1.29, 1.82) is 0 Å². The second-order valence-corrected chi connectivity index (χ2v) is 7.66. The van der Waals surface area contributed by atoms with E-state index in [1.165, 1.54) is 17.0 Å². The lowest BCUT2D eigenvalue weighted by Crippen LogP contribution is -2.34. The number of hydrogen-bond acceptors (Lipinski definition) is 4. The number of likely N-dealkylation sites (tertiary alicyclic amines) is 1. The minimum atomic E-state index is -3.20. The zero-order chi connectivity index (χ0) is 16.2. The Hall–Kier alpha value is -1.76. The Morgan fingerprint density at radius 3 is 2.59 bits per heavy atom. The molecule has 1 aliphatic heterocycles. The van der Waals surface area contributed by atoms with Gasteiger partial charge in [-0.2, -0.15) is 0 Å². The number of benzene rings is 1. The standard InChI is InChI=1S/C15H21NO5S/c1-22(19,20)14-7-5-13(6-8-14)21-11-12-4-2-3-9-16(10-12)15(17)18/h5-8,12H,2-4,9-11H2,1H3,(H,17,18)/t12-/m0/s1. The van der Waals surface area contributed by atoms with E-state index < -0.39 is 15.9 Å². The second kappa shape index (κ2) is 7.00. The van der Waals surface area contributed by atoms with Crippen molar-refractivity contribution >= 4 is 15.9 Å². The van der Waals surface area contributed by atoms with Gasteiger partial charge in [0.1, 0.15) is 5.75 Å². The third-order valence-electron chi connectivity index (χ3n) is 3.78. The van der Waals surface area contributed by atoms with Crippen LogP contribution in [0.3, 0.4) is 0 Å². The van der Waals surface area contributed by atoms with Gasteiger partial charge in [0.15, 0.2) is 9.84 Å². The van der Waals surface area contributed by atoms with E-state index in [-0.39, 0.29) is 10.8 Å². The van der Waals surface area contributed by atoms with Gasteiger partial charge in [-0.05, 0) is 37.1 Å². The van der Waals surface area contributed by atoms with Crippen LogP contribution in [0.2, 0.25) is 0 Å². The monoisotopic (exact) mass is 327 g/mol. The van der Waals surface area contributed by atoms with Gasteiger partial charge in [0, 0.05) is 25.3 Å². The molecule has 1 heterocycles. The van der Waals surface area contributed by atoms with Crippen molar-refractivity contribution < 1.29 is 23.1 Å². The molecule has 1 aliphatic rings. The molecule has 0 radical (unpaired) electrons. The first-order valence-corrected chi connectivity index (χ1v) is 9.16. The molecule has 2 rings (SSSR count). The average Bonchev–Trinajstić information content (AvgIpc) is 2.70. The molecular weight excluding hydrogens is 306 g/mol. The smallest absolute Gasteiger partial charge is 0.407 e. The number of nitrogens with zero attached hydrogens (tertiary/aromatic N) is 1. The molecule has 1 aromatic rings. The predicted octanol–water partition coefficient (Wildman–Crippen LogP) is 2.25. The first kappa shape index (κ1) is 16.6. The lowest BCUT2D eigenvalue weighted by molar-refractivity contribution is 0.132. The van der Waals surface area contributed by atoms with Crippen LogP contribution < -0.4 is 4.74 Å². The molecule has 1 N–H and O–H groups in total. The second-order valence-electron chi connectivity index (χ2n) is 5.64. The van der Waals surface area contributed by atoms with Gasteiger partial charge in [0.05, 0.1) is 11.5 Å². The Kier molecular flexibility index (Phi) is 5.28. The van der Waals surface area contributed by atoms with E-state index in [0.29, 0.717) is 25.4 Å². The van der Waals surface area contributed by atoms with E-state index in [1.807, 2.05) is 0 Å². The highest BCUT2D eigenvalue weighted by atomic mass is 32.2. The normalized spacial score (nSPS) is 19.5. The molecule has 1 fully saturated rings. The molecule has 0 aliphatic carbocycles. The van der Waals surface area contributed by atoms with Gasteiger partial charge in [-0.1, -0.05) is 6.42 Å². The largest absolute Gasteiger partial charge is 0.493 e. The lowest BCUT2D eigenvalue weighted by atomic mass is 10.0. The summed E-state index contributed by atoms with van der Waals surface area (Å²) in [6.45, 7) is 1.49. The summed E-state index contributed by atoms with van der Waals surface area (Å²) in [5.74, 6) is 0.756. The predicted molar refractivity (Wildman–Crippen MR) is 82.0 cm³/mol. The van der Waals surface area contributed by atoms with E-state index in [1.54, 1.807) is 12.1 Å². The molecule has 122 valence electrons. The Morgan fingerprint density at radius 1 is 1.32 bits per heavy atom. The molecule has 1 atom stereocenters. The summed E-state index contributed by atoms with van der Waals surface area (Å²) in [7, 11) is -3.20. The Bertz CT molecular complexity index is 611. The molecule has 1 amide bonds. The highest BCUT2D eigenvalue weighted by molar-refractivity contribution is 7.90. The fourth-order valence-electron chi connectivity index (χ4n) is 2.54. The van der Waals surface area contributed by atoms with E-state index in [4.69, 9.17) is 9.84 Å². The Morgan fingerprint density at radius 2 is 2.00 bits per heavy atom. The van der Waals surface area contributed by atoms with Gasteiger partial charge in [-0.15, -0.1) is 0 Å². The van der Waals surface area contributed by atoms with Crippen molar-refractivity contribution in [2.75, 3.05) is 26.0 Å². The first-order valence-electron chi connectivity index (χ1n) is 7.27. The first-order chi connectivity index (χ1) is 10.4. The average molecular weight is 327 g/mol. The molecule has 6 nitrogen and oxygen atoms in total. The van der Waals surface area contributed by atoms with E-state index >= 15 is 0 Å². The maximum atomic E-state index is 11.4. The van der Waals surface area contributed by atoms with Crippen LogP contribution >= 0.6 is 0 Å². The molecule has 1 aromatic carbocycles. The van der Waals surface area contributed by atoms with E-state index in [0.717, 1.165) is 25.5 Å². The number of hydrogen-bond donors (Lipinski definition) is 1. The number of carboxylic acid groups (broad SMARTS) is 1. The third-order valence-corrected chi connectivity index (χ3v) is 4.91. The third kappa shape index (κ3) is 4.62. The van der Waals surface area contributed by atoms with Crippen LogP contribution in [0.1, 0.15) is 19.3 Å². The maximum Gasteiger partial charge on any atom is 0.407 e. The summed E-state index contributed by atoms with van der Waals surface area (Å²) in [6.07, 6.45) is 3.08. The van der Waals surface area contributed by atoms with Crippen molar-refractivity contribution in [2.24, 2.45) is 5.92 Å². The fraction of sp³-hybridized carbons (Fsp3) is 0.533. The number of rotatable bonds is 4. The van der Waals surface area contributed by atoms with E-state index in [9.17, 15) is 13.2 Å². The minimum Gasteiger partial charge on any atom is -0.493 e. The zero-order valence-corrected chi connectivity index (χ0v) is 13.4. The van der Waals surface area contributed by atoms with Crippen LogP contribution in [0, 0.1) is 5.92 Å². The quantitative estimate of drug-likeness (QED) is 0.917. The number of carbonyl (C=O) groups is 1. The molecule has 0 spiro atoms. The van der Waals surface area contributed by atoms with Crippen molar-refractivity contribution in [3.05, 3.63) is 24.3 Å². The van der Waals surface area contributed by atoms with Gasteiger partial charge in [0.25, 0.3) is 0 Å². The van der Waals surface area contributed by atoms with Crippen LogP contribution in [-0.4, -0.2) is 50.5 Å². The number of sulfone groups is 1. The summed E-state index contributed by atoms with van der Waals surface area (Å²) in [4.78, 5) is 12.8. The van der Waals surface area contributed by atoms with Crippen LogP contribution in [0.4, 0.5) is 4.79 Å². The highest BCUT2D eigenvalue weighted by Gasteiger charge is 2.22. The molecular formula is C15H21NO5S. The van der Waals surface area contributed by atoms with Gasteiger partial charge >= 0.3 is 6.09 Å². The summed E-state index contributed by atoms with van der Waals surface area (Å²) < 4.78 is 28.5. The summed E-state index contributed by atoms with van der Waals surface area (Å²) in [5.41, 5.74) is 0. The Balaban J connectivity index is 1.93. The van der Waals surface area contributed by atoms with Crippen molar-refractivity contribution in [3.63, 3.8) is 0 Å². The minimum absolute atomic E-state index is 0.160. The van der Waals surface area contributed by atoms with Crippen LogP contribution in [0.5, 0.6) is 5.75 Å². The van der Waals surface area contributed by atoms with Gasteiger partial charge in [-0.25, -0.2) is 13.2 Å². The van der Waals surface area contributed by atoms with Crippen LogP contribution in [0.25, 0.3) is 0 Å². The molecule has 7 heteroatoms. The van der Waals surface area contributed by atoms with Crippen LogP contribution in [0.15, 0.2) is 29.2 Å². The van der Waals surface area contributed by atoms with Gasteiger partial charge < -0.3 is 14.7 Å². The van der Waals surface area contributed by atoms with Gasteiger partial charge in [0.2, 0.25) is 0 Å². The molecule has 0 unspecified atom stereocenters. The topological polar surface area (TPSA) is 83.9 Å². The van der Waals surface area contributed by atoms with Crippen molar-refractivity contribution in [1.82, 2.24) is 4.90 Å². The van der Waals surface area contributed by atoms with Crippen molar-refractivity contribution in [2.45, 2.75) is 24.2 Å². The molecule has 0 aromatic heterocycles. The van der Waals surface area contributed by atoms with Gasteiger partial charge in [-0.3, -0.25) is 0 Å². The van der Waals surface area contributed by atoms with Crippen LogP contribution in [-0.2, 0) is 9.84 Å². The SMILES string of the molecule is CS(=O)(=O)c1ccc(OC[C@H]2CCCCN(C(=O)O)C2)cc1. The lowest BCUT2D eigenvalue weighted by Gasteiger charge is -2.21. The zero-order valence-electron chi connectivity index (χ0n) is 12.6. The number of ether oxygens (including phenoxy) is 1.